The highest BCUT2D eigenvalue weighted by molar-refractivity contribution is 7.91. The molecule has 1 saturated carbocycles. The highest BCUT2D eigenvalue weighted by Crippen LogP contribution is 2.39. The predicted octanol–water partition coefficient (Wildman–Crippen LogP) is -0.878. The number of carbonyl (C=O) groups excluding carboxylic acids is 1. The van der Waals surface area contributed by atoms with Crippen molar-refractivity contribution in [2.45, 2.75) is 37.8 Å². The van der Waals surface area contributed by atoms with Crippen LogP contribution in [0.1, 0.15) is 26.2 Å². The van der Waals surface area contributed by atoms with E-state index in [4.69, 9.17) is 10.8 Å². The fourth-order valence-corrected chi connectivity index (χ4v) is 4.48. The van der Waals surface area contributed by atoms with Crippen LogP contribution in [0.2, 0.25) is 0 Å². The van der Waals surface area contributed by atoms with Crippen molar-refractivity contribution >= 4 is 15.7 Å². The zero-order valence-electron chi connectivity index (χ0n) is 11.2. The van der Waals surface area contributed by atoms with E-state index in [1.807, 2.05) is 0 Å². The highest BCUT2D eigenvalue weighted by atomic mass is 32.2. The number of hydrogen-bond acceptors (Lipinski definition) is 5. The van der Waals surface area contributed by atoms with Gasteiger partial charge < -0.3 is 15.7 Å². The van der Waals surface area contributed by atoms with Gasteiger partial charge in [-0.1, -0.05) is 0 Å². The molecule has 1 heterocycles. The van der Waals surface area contributed by atoms with Gasteiger partial charge in [0.05, 0.1) is 23.7 Å². The third-order valence-electron chi connectivity index (χ3n) is 4.14. The molecule has 2 unspecified atom stereocenters. The van der Waals surface area contributed by atoms with E-state index in [0.717, 1.165) is 12.8 Å². The molecule has 2 fully saturated rings. The molecule has 7 heteroatoms. The number of rotatable bonds is 5. The quantitative estimate of drug-likeness (QED) is 0.685. The Morgan fingerprint density at radius 2 is 2.05 bits per heavy atom. The summed E-state index contributed by atoms with van der Waals surface area (Å²) in [7, 11) is -3.06. The molecule has 1 amide bonds. The topological polar surface area (TPSA) is 101 Å². The summed E-state index contributed by atoms with van der Waals surface area (Å²) in [5.74, 6) is 0.0437. The molecule has 0 aromatic heterocycles. The van der Waals surface area contributed by atoms with Crippen LogP contribution in [0, 0.1) is 5.92 Å². The second kappa shape index (κ2) is 5.03. The third-order valence-corrected chi connectivity index (χ3v) is 5.89. The molecule has 0 radical (unpaired) electrons. The Labute approximate surface area is 113 Å². The molecule has 0 aromatic rings. The molecule has 3 N–H and O–H groups in total. The van der Waals surface area contributed by atoms with E-state index in [9.17, 15) is 13.2 Å². The number of carbonyl (C=O) groups is 1. The van der Waals surface area contributed by atoms with Crippen molar-refractivity contribution in [1.29, 1.82) is 0 Å². The Kier molecular flexibility index (Phi) is 3.90. The Balaban J connectivity index is 2.13. The van der Waals surface area contributed by atoms with Gasteiger partial charge in [0, 0.05) is 12.6 Å². The van der Waals surface area contributed by atoms with Gasteiger partial charge in [0.1, 0.15) is 0 Å². The van der Waals surface area contributed by atoms with Gasteiger partial charge in [-0.25, -0.2) is 8.42 Å². The summed E-state index contributed by atoms with van der Waals surface area (Å²) in [5, 5.41) is 9.11. The molecular formula is C12H22N2O4S. The van der Waals surface area contributed by atoms with E-state index in [-0.39, 0.29) is 42.5 Å². The monoisotopic (exact) mass is 290 g/mol. The summed E-state index contributed by atoms with van der Waals surface area (Å²) in [6.07, 6.45) is 2.32. The van der Waals surface area contributed by atoms with Gasteiger partial charge in [-0.05, 0) is 32.1 Å². The van der Waals surface area contributed by atoms with Gasteiger partial charge in [-0.15, -0.1) is 0 Å². The Hall–Kier alpha value is -0.660. The lowest BCUT2D eigenvalue weighted by Gasteiger charge is -2.35. The molecule has 1 aliphatic carbocycles. The maximum atomic E-state index is 12.5. The number of sulfone groups is 1. The van der Waals surface area contributed by atoms with Crippen LogP contribution in [-0.2, 0) is 14.6 Å². The molecule has 1 saturated heterocycles. The van der Waals surface area contributed by atoms with E-state index in [0.29, 0.717) is 6.42 Å². The van der Waals surface area contributed by atoms with Gasteiger partial charge in [0.25, 0.3) is 0 Å². The molecule has 0 bridgehead atoms. The predicted molar refractivity (Wildman–Crippen MR) is 71.2 cm³/mol. The molecule has 0 aromatic carbocycles. The molecule has 19 heavy (non-hydrogen) atoms. The van der Waals surface area contributed by atoms with Crippen LogP contribution in [0.25, 0.3) is 0 Å². The van der Waals surface area contributed by atoms with Crippen molar-refractivity contribution in [3.8, 4) is 0 Å². The first-order valence-corrected chi connectivity index (χ1v) is 8.51. The SMILES string of the molecule is CC(N)(C(=O)N(CCO)C1CCS(=O)(=O)C1)C1CC1. The molecule has 2 aliphatic rings. The summed E-state index contributed by atoms with van der Waals surface area (Å²) in [5.41, 5.74) is 5.17. The summed E-state index contributed by atoms with van der Waals surface area (Å²) < 4.78 is 23.1. The van der Waals surface area contributed by atoms with Crippen LogP contribution in [0.5, 0.6) is 0 Å². The molecular weight excluding hydrogens is 268 g/mol. The van der Waals surface area contributed by atoms with Crippen molar-refractivity contribution in [3.05, 3.63) is 0 Å². The number of nitrogens with two attached hydrogens (primary N) is 1. The minimum absolute atomic E-state index is 0.0144. The normalized spacial score (nSPS) is 28.9. The van der Waals surface area contributed by atoms with Gasteiger partial charge in [0.2, 0.25) is 5.91 Å². The number of amides is 1. The van der Waals surface area contributed by atoms with Gasteiger partial charge >= 0.3 is 0 Å². The molecule has 0 spiro atoms. The number of hydrogen-bond donors (Lipinski definition) is 2. The van der Waals surface area contributed by atoms with Crippen molar-refractivity contribution in [3.63, 3.8) is 0 Å². The first-order chi connectivity index (χ1) is 8.78. The van der Waals surface area contributed by atoms with Crippen LogP contribution >= 0.6 is 0 Å². The Morgan fingerprint density at radius 1 is 1.42 bits per heavy atom. The van der Waals surface area contributed by atoms with Gasteiger partial charge in [-0.3, -0.25) is 4.79 Å². The molecule has 1 aliphatic heterocycles. The van der Waals surface area contributed by atoms with Crippen LogP contribution in [0.15, 0.2) is 0 Å². The van der Waals surface area contributed by atoms with Crippen LogP contribution in [0.4, 0.5) is 0 Å². The number of aliphatic hydroxyl groups excluding tert-OH is 1. The highest BCUT2D eigenvalue weighted by Gasteiger charge is 2.48. The first-order valence-electron chi connectivity index (χ1n) is 6.69. The van der Waals surface area contributed by atoms with E-state index >= 15 is 0 Å². The van der Waals surface area contributed by atoms with Gasteiger partial charge in [0.15, 0.2) is 9.84 Å². The van der Waals surface area contributed by atoms with Gasteiger partial charge in [-0.2, -0.15) is 0 Å². The van der Waals surface area contributed by atoms with Crippen molar-refractivity contribution in [2.24, 2.45) is 11.7 Å². The lowest BCUT2D eigenvalue weighted by molar-refractivity contribution is -0.139. The summed E-state index contributed by atoms with van der Waals surface area (Å²) >= 11 is 0. The summed E-state index contributed by atoms with van der Waals surface area (Å²) in [4.78, 5) is 14.0. The zero-order chi connectivity index (χ0) is 14.3. The Bertz CT molecular complexity index is 456. The zero-order valence-corrected chi connectivity index (χ0v) is 12.0. The number of nitrogens with zero attached hydrogens (tertiary/aromatic N) is 1. The fraction of sp³-hybridized carbons (Fsp3) is 0.917. The van der Waals surface area contributed by atoms with E-state index in [2.05, 4.69) is 0 Å². The second-order valence-corrected chi connectivity index (χ2v) is 8.06. The summed E-state index contributed by atoms with van der Waals surface area (Å²) in [6.45, 7) is 1.68. The second-order valence-electron chi connectivity index (χ2n) is 5.84. The van der Waals surface area contributed by atoms with Crippen molar-refractivity contribution < 1.29 is 18.3 Å². The van der Waals surface area contributed by atoms with E-state index in [1.165, 1.54) is 4.90 Å². The maximum absolute atomic E-state index is 12.5. The molecule has 110 valence electrons. The maximum Gasteiger partial charge on any atom is 0.243 e. The Morgan fingerprint density at radius 3 is 2.47 bits per heavy atom. The standard InChI is InChI=1S/C12H22N2O4S/c1-12(13,9-2-3-9)11(16)14(5-6-15)10-4-7-19(17,18)8-10/h9-10,15H,2-8,13H2,1H3. The minimum Gasteiger partial charge on any atom is -0.395 e. The van der Waals surface area contributed by atoms with Crippen molar-refractivity contribution in [2.75, 3.05) is 24.7 Å². The average Bonchev–Trinajstić information content (AvgIpc) is 3.11. The summed E-state index contributed by atoms with van der Waals surface area (Å²) in [6, 6.07) is -0.341. The average molecular weight is 290 g/mol. The lowest BCUT2D eigenvalue weighted by Crippen LogP contribution is -2.58. The first kappa shape index (κ1) is 14.7. The lowest BCUT2D eigenvalue weighted by atomic mass is 9.94. The smallest absolute Gasteiger partial charge is 0.243 e. The number of aliphatic hydroxyl groups is 1. The minimum atomic E-state index is -3.06. The fourth-order valence-electron chi connectivity index (χ4n) is 2.75. The molecule has 6 nitrogen and oxygen atoms in total. The van der Waals surface area contributed by atoms with E-state index < -0.39 is 15.4 Å². The van der Waals surface area contributed by atoms with Crippen LogP contribution in [-0.4, -0.2) is 60.6 Å². The molecule has 2 atom stereocenters. The van der Waals surface area contributed by atoms with E-state index in [1.54, 1.807) is 6.92 Å². The van der Waals surface area contributed by atoms with Crippen LogP contribution < -0.4 is 5.73 Å². The third kappa shape index (κ3) is 3.09. The van der Waals surface area contributed by atoms with Crippen LogP contribution in [0.3, 0.4) is 0 Å². The van der Waals surface area contributed by atoms with Crippen molar-refractivity contribution in [1.82, 2.24) is 4.90 Å². The largest absolute Gasteiger partial charge is 0.395 e. The molecule has 2 rings (SSSR count).